The number of nitrogens with zero attached hydrogens (tertiary/aromatic N) is 2. The van der Waals surface area contributed by atoms with E-state index in [0.717, 1.165) is 6.08 Å². The quantitative estimate of drug-likeness (QED) is 0.751. The number of hydrogen-bond donors (Lipinski definition) is 2. The predicted molar refractivity (Wildman–Crippen MR) is 82.2 cm³/mol. The Morgan fingerprint density at radius 2 is 2.08 bits per heavy atom. The lowest BCUT2D eigenvalue weighted by molar-refractivity contribution is -0.118. The van der Waals surface area contributed by atoms with Crippen LogP contribution in [0.25, 0.3) is 6.08 Å². The third kappa shape index (κ3) is 5.20. The first-order chi connectivity index (χ1) is 11.4. The number of carbonyl (C=O) groups excluding carboxylic acids is 2. The maximum atomic E-state index is 12.3. The number of anilines is 1. The fourth-order valence-electron chi connectivity index (χ4n) is 1.83. The first-order valence-electron chi connectivity index (χ1n) is 6.78. The zero-order chi connectivity index (χ0) is 17.5. The van der Waals surface area contributed by atoms with E-state index in [1.807, 2.05) is 0 Å². The molecule has 0 radical (unpaired) electrons. The molecule has 0 atom stereocenters. The molecule has 24 heavy (non-hydrogen) atoms. The molecule has 9 heteroatoms. The van der Waals surface area contributed by atoms with Crippen LogP contribution in [0.15, 0.2) is 42.6 Å². The number of primary amides is 1. The van der Waals surface area contributed by atoms with Crippen molar-refractivity contribution in [1.29, 1.82) is 0 Å². The zero-order valence-corrected chi connectivity index (χ0v) is 12.4. The molecule has 0 fully saturated rings. The van der Waals surface area contributed by atoms with Gasteiger partial charge in [0, 0.05) is 23.9 Å². The number of benzene rings is 1. The second kappa shape index (κ2) is 7.86. The van der Waals surface area contributed by atoms with Crippen molar-refractivity contribution in [1.82, 2.24) is 9.78 Å². The van der Waals surface area contributed by atoms with Gasteiger partial charge >= 0.3 is 6.61 Å². The number of hydrogen-bond acceptors (Lipinski definition) is 4. The van der Waals surface area contributed by atoms with Crippen LogP contribution in [0.4, 0.5) is 14.6 Å². The molecule has 0 aliphatic rings. The largest absolute Gasteiger partial charge is 0.434 e. The average Bonchev–Trinajstić information content (AvgIpc) is 2.92. The van der Waals surface area contributed by atoms with Crippen molar-refractivity contribution < 1.29 is 23.1 Å². The number of alkyl halides is 2. The Labute approximate surface area is 135 Å². The molecule has 1 aromatic heterocycles. The first kappa shape index (κ1) is 17.1. The molecule has 0 aliphatic carbocycles. The van der Waals surface area contributed by atoms with E-state index in [4.69, 9.17) is 5.73 Å². The predicted octanol–water partition coefficient (Wildman–Crippen LogP) is 1.62. The molecule has 2 amide bonds. The smallest absolute Gasteiger partial charge is 0.387 e. The molecule has 1 aromatic carbocycles. The Bertz CT molecular complexity index is 759. The Hall–Kier alpha value is -3.23. The van der Waals surface area contributed by atoms with Gasteiger partial charge in [0.2, 0.25) is 11.8 Å². The van der Waals surface area contributed by atoms with E-state index in [9.17, 15) is 18.4 Å². The van der Waals surface area contributed by atoms with Crippen molar-refractivity contribution in [2.24, 2.45) is 5.73 Å². The van der Waals surface area contributed by atoms with Gasteiger partial charge in [-0.1, -0.05) is 18.2 Å². The summed E-state index contributed by atoms with van der Waals surface area (Å²) < 4.78 is 30.3. The van der Waals surface area contributed by atoms with Gasteiger partial charge in [-0.3, -0.25) is 14.3 Å². The van der Waals surface area contributed by atoms with Gasteiger partial charge in [0.1, 0.15) is 12.3 Å². The highest BCUT2D eigenvalue weighted by Gasteiger charge is 2.08. The lowest BCUT2D eigenvalue weighted by atomic mass is 10.2. The van der Waals surface area contributed by atoms with E-state index in [1.165, 1.54) is 35.2 Å². The maximum absolute atomic E-state index is 12.3. The van der Waals surface area contributed by atoms with E-state index >= 15 is 0 Å². The normalized spacial score (nSPS) is 11.0. The van der Waals surface area contributed by atoms with Gasteiger partial charge in [0.15, 0.2) is 5.82 Å². The molecule has 0 unspecified atom stereocenters. The summed E-state index contributed by atoms with van der Waals surface area (Å²) in [5, 5.41) is 6.40. The second-order valence-electron chi connectivity index (χ2n) is 4.60. The summed E-state index contributed by atoms with van der Waals surface area (Å²) in [6, 6.07) is 7.56. The fraction of sp³-hybridized carbons (Fsp3) is 0.133. The van der Waals surface area contributed by atoms with Crippen molar-refractivity contribution in [2.45, 2.75) is 13.2 Å². The van der Waals surface area contributed by atoms with Gasteiger partial charge in [0.25, 0.3) is 0 Å². The minimum absolute atomic E-state index is 0.0395. The van der Waals surface area contributed by atoms with Crippen LogP contribution in [0.5, 0.6) is 5.75 Å². The zero-order valence-electron chi connectivity index (χ0n) is 12.4. The number of carbonyl (C=O) groups is 2. The van der Waals surface area contributed by atoms with Crippen molar-refractivity contribution in [3.63, 3.8) is 0 Å². The van der Waals surface area contributed by atoms with Gasteiger partial charge in [-0.05, 0) is 12.1 Å². The van der Waals surface area contributed by atoms with E-state index < -0.39 is 18.4 Å². The number of halogens is 2. The molecule has 126 valence electrons. The Morgan fingerprint density at radius 3 is 2.79 bits per heavy atom. The number of para-hydroxylation sites is 1. The van der Waals surface area contributed by atoms with Crippen LogP contribution in [0, 0.1) is 0 Å². The number of nitrogens with two attached hydrogens (primary N) is 1. The molecule has 0 bridgehead atoms. The number of rotatable bonds is 7. The minimum Gasteiger partial charge on any atom is -0.434 e. The van der Waals surface area contributed by atoms with Gasteiger partial charge in [-0.15, -0.1) is 0 Å². The summed E-state index contributed by atoms with van der Waals surface area (Å²) >= 11 is 0. The van der Waals surface area contributed by atoms with Crippen LogP contribution >= 0.6 is 0 Å². The van der Waals surface area contributed by atoms with Crippen LogP contribution in [-0.4, -0.2) is 28.2 Å². The molecule has 0 spiro atoms. The van der Waals surface area contributed by atoms with Crippen LogP contribution in [0.2, 0.25) is 0 Å². The van der Waals surface area contributed by atoms with Gasteiger partial charge < -0.3 is 15.8 Å². The lowest BCUT2D eigenvalue weighted by Gasteiger charge is -2.07. The summed E-state index contributed by atoms with van der Waals surface area (Å²) in [6.07, 6.45) is 3.98. The van der Waals surface area contributed by atoms with E-state index in [0.29, 0.717) is 5.56 Å². The standard InChI is InChI=1S/C15H14F2N4O3/c16-15(17)24-11-4-2-1-3-10(11)5-6-14(23)19-13-7-8-21(20-13)9-12(18)22/h1-8,15H,9H2,(H2,18,22)(H,19,20,23). The van der Waals surface area contributed by atoms with Crippen molar-refractivity contribution >= 4 is 23.7 Å². The third-order valence-corrected chi connectivity index (χ3v) is 2.76. The van der Waals surface area contributed by atoms with E-state index in [-0.39, 0.29) is 18.1 Å². The Morgan fingerprint density at radius 1 is 1.33 bits per heavy atom. The number of aromatic nitrogens is 2. The van der Waals surface area contributed by atoms with Crippen LogP contribution in [0.3, 0.4) is 0 Å². The Kier molecular flexibility index (Phi) is 5.61. The topological polar surface area (TPSA) is 99.2 Å². The summed E-state index contributed by atoms with van der Waals surface area (Å²) in [5.74, 6) is -0.900. The Balaban J connectivity index is 2.00. The fourth-order valence-corrected chi connectivity index (χ4v) is 1.83. The number of ether oxygens (including phenoxy) is 1. The van der Waals surface area contributed by atoms with Crippen molar-refractivity contribution in [2.75, 3.05) is 5.32 Å². The molecular weight excluding hydrogens is 322 g/mol. The lowest BCUT2D eigenvalue weighted by Crippen LogP contribution is -2.19. The molecule has 2 rings (SSSR count). The number of nitrogens with one attached hydrogen (secondary N) is 1. The highest BCUT2D eigenvalue weighted by molar-refractivity contribution is 6.01. The summed E-state index contributed by atoms with van der Waals surface area (Å²) in [4.78, 5) is 22.6. The highest BCUT2D eigenvalue weighted by atomic mass is 19.3. The first-order valence-corrected chi connectivity index (χ1v) is 6.78. The molecule has 0 saturated carbocycles. The molecule has 0 aliphatic heterocycles. The van der Waals surface area contributed by atoms with Crippen molar-refractivity contribution in [3.05, 3.63) is 48.2 Å². The average molecular weight is 336 g/mol. The second-order valence-corrected chi connectivity index (χ2v) is 4.60. The molecule has 0 saturated heterocycles. The summed E-state index contributed by atoms with van der Waals surface area (Å²) in [7, 11) is 0. The summed E-state index contributed by atoms with van der Waals surface area (Å²) in [5.41, 5.74) is 5.36. The van der Waals surface area contributed by atoms with E-state index in [2.05, 4.69) is 15.2 Å². The maximum Gasteiger partial charge on any atom is 0.387 e. The van der Waals surface area contributed by atoms with Crippen molar-refractivity contribution in [3.8, 4) is 5.75 Å². The van der Waals surface area contributed by atoms with Crippen LogP contribution < -0.4 is 15.8 Å². The molecule has 7 nitrogen and oxygen atoms in total. The van der Waals surface area contributed by atoms with Gasteiger partial charge in [0.05, 0.1) is 0 Å². The van der Waals surface area contributed by atoms with Gasteiger partial charge in [-0.25, -0.2) is 0 Å². The SMILES string of the molecule is NC(=O)Cn1ccc(NC(=O)C=Cc2ccccc2OC(F)F)n1. The molecule has 2 aromatic rings. The van der Waals surface area contributed by atoms with Crippen LogP contribution in [-0.2, 0) is 16.1 Å². The number of amides is 2. The third-order valence-electron chi connectivity index (χ3n) is 2.76. The molecule has 1 heterocycles. The molecular formula is C15H14F2N4O3. The minimum atomic E-state index is -2.96. The van der Waals surface area contributed by atoms with E-state index in [1.54, 1.807) is 12.1 Å². The van der Waals surface area contributed by atoms with Crippen LogP contribution in [0.1, 0.15) is 5.56 Å². The monoisotopic (exact) mass is 336 g/mol. The summed E-state index contributed by atoms with van der Waals surface area (Å²) in [6.45, 7) is -3.06. The van der Waals surface area contributed by atoms with Gasteiger partial charge in [-0.2, -0.15) is 13.9 Å². The molecule has 3 N–H and O–H groups in total. The highest BCUT2D eigenvalue weighted by Crippen LogP contribution is 2.21.